The summed E-state index contributed by atoms with van der Waals surface area (Å²) in [4.78, 5) is 26.6. The summed E-state index contributed by atoms with van der Waals surface area (Å²) in [6, 6.07) is 14.0. The highest BCUT2D eigenvalue weighted by atomic mass is 16.5. The zero-order chi connectivity index (χ0) is 22.1. The molecular weight excluding hydrogens is 402 g/mol. The Labute approximate surface area is 186 Å². The van der Waals surface area contributed by atoms with E-state index in [-0.39, 0.29) is 5.91 Å². The van der Waals surface area contributed by atoms with Crippen LogP contribution in [0.15, 0.2) is 59.4 Å². The molecule has 32 heavy (non-hydrogen) atoms. The molecule has 3 aromatic heterocycles. The Morgan fingerprint density at radius 2 is 1.72 bits per heavy atom. The number of nitrogens with zero attached hydrogens (tertiary/aromatic N) is 5. The molecule has 0 spiro atoms. The zero-order valence-corrected chi connectivity index (χ0v) is 18.3. The van der Waals surface area contributed by atoms with Crippen molar-refractivity contribution in [3.05, 3.63) is 77.2 Å². The third-order valence-corrected chi connectivity index (χ3v) is 6.01. The van der Waals surface area contributed by atoms with Crippen LogP contribution in [0.3, 0.4) is 0 Å². The molecule has 0 unspecified atom stereocenters. The maximum absolute atomic E-state index is 13.6. The topological polar surface area (TPSA) is 75.4 Å². The molecule has 1 aliphatic heterocycles. The van der Waals surface area contributed by atoms with Crippen molar-refractivity contribution >= 4 is 17.0 Å². The van der Waals surface area contributed by atoms with Crippen LogP contribution in [0.2, 0.25) is 0 Å². The lowest BCUT2D eigenvalue weighted by Gasteiger charge is -2.35. The number of aromatic nitrogens is 3. The number of benzene rings is 1. The highest BCUT2D eigenvalue weighted by Gasteiger charge is 2.26. The molecule has 1 aliphatic rings. The first-order valence-corrected chi connectivity index (χ1v) is 10.8. The molecule has 0 bridgehead atoms. The number of carbonyl (C=O) groups is 1. The highest BCUT2D eigenvalue weighted by Crippen LogP contribution is 2.28. The molecule has 1 fully saturated rings. The molecule has 1 amide bonds. The molecule has 0 atom stereocenters. The molecule has 0 saturated carbocycles. The van der Waals surface area contributed by atoms with E-state index >= 15 is 0 Å². The maximum atomic E-state index is 13.6. The Bertz CT molecular complexity index is 1240. The van der Waals surface area contributed by atoms with Crippen LogP contribution in [-0.2, 0) is 6.54 Å². The summed E-state index contributed by atoms with van der Waals surface area (Å²) >= 11 is 0. The summed E-state index contributed by atoms with van der Waals surface area (Å²) in [6.07, 6.45) is 3.63. The van der Waals surface area contributed by atoms with Gasteiger partial charge >= 0.3 is 0 Å². The lowest BCUT2D eigenvalue weighted by Crippen LogP contribution is -2.48. The van der Waals surface area contributed by atoms with E-state index < -0.39 is 0 Å². The summed E-state index contributed by atoms with van der Waals surface area (Å²) in [5, 5.41) is 4.77. The average Bonchev–Trinajstić information content (AvgIpc) is 3.20. The predicted molar refractivity (Wildman–Crippen MR) is 122 cm³/mol. The number of carbonyl (C=O) groups excluding carboxylic acids is 1. The molecule has 0 aliphatic carbocycles. The van der Waals surface area contributed by atoms with Crippen LogP contribution in [0.4, 0.5) is 0 Å². The standard InChI is InChI=1S/C25H25N5O2/c1-17-3-5-20(6-4-17)22-15-21(23-18(2)28-32-24(23)27-22)25(31)30-13-11-29(12-14-30)16-19-7-9-26-10-8-19/h3-10,15H,11-14,16H2,1-2H3. The van der Waals surface area contributed by atoms with Gasteiger partial charge in [-0.1, -0.05) is 35.0 Å². The van der Waals surface area contributed by atoms with Gasteiger partial charge in [0.25, 0.3) is 11.6 Å². The van der Waals surface area contributed by atoms with E-state index in [0.717, 1.165) is 25.2 Å². The molecule has 0 N–H and O–H groups in total. The first kappa shape index (κ1) is 20.3. The fraction of sp³-hybridized carbons (Fsp3) is 0.280. The Kier molecular flexibility index (Phi) is 5.41. The third kappa shape index (κ3) is 3.99. The Hall–Kier alpha value is -3.58. The number of fused-ring (bicyclic) bond motifs is 1. The van der Waals surface area contributed by atoms with Gasteiger partial charge in [-0.3, -0.25) is 14.7 Å². The molecule has 1 aromatic carbocycles. The number of amides is 1. The van der Waals surface area contributed by atoms with Crippen molar-refractivity contribution in [3.63, 3.8) is 0 Å². The lowest BCUT2D eigenvalue weighted by atomic mass is 10.0. The third-order valence-electron chi connectivity index (χ3n) is 6.01. The second-order valence-corrected chi connectivity index (χ2v) is 8.29. The molecule has 4 aromatic rings. The first-order valence-electron chi connectivity index (χ1n) is 10.8. The van der Waals surface area contributed by atoms with Crippen LogP contribution in [-0.4, -0.2) is 57.0 Å². The van der Waals surface area contributed by atoms with E-state index in [1.165, 1.54) is 11.1 Å². The largest absolute Gasteiger partial charge is 0.336 e. The van der Waals surface area contributed by atoms with Crippen molar-refractivity contribution in [2.24, 2.45) is 0 Å². The summed E-state index contributed by atoms with van der Waals surface area (Å²) in [5.74, 6) is 0.000577. The summed E-state index contributed by atoms with van der Waals surface area (Å²) < 4.78 is 5.45. The van der Waals surface area contributed by atoms with Gasteiger partial charge in [0.2, 0.25) is 0 Å². The van der Waals surface area contributed by atoms with Crippen molar-refractivity contribution in [1.82, 2.24) is 24.9 Å². The van der Waals surface area contributed by atoms with E-state index in [2.05, 4.69) is 20.0 Å². The van der Waals surface area contributed by atoms with Crippen LogP contribution in [0.1, 0.15) is 27.2 Å². The van der Waals surface area contributed by atoms with Gasteiger partial charge in [-0.2, -0.15) is 0 Å². The molecule has 0 radical (unpaired) electrons. The molecule has 7 nitrogen and oxygen atoms in total. The number of hydrogen-bond donors (Lipinski definition) is 0. The SMILES string of the molecule is Cc1ccc(-c2cc(C(=O)N3CCN(Cc4ccncc4)CC3)c3c(C)noc3n2)cc1. The number of aryl methyl sites for hydroxylation is 2. The van der Waals surface area contributed by atoms with Crippen LogP contribution >= 0.6 is 0 Å². The normalized spacial score (nSPS) is 14.8. The van der Waals surface area contributed by atoms with E-state index in [0.29, 0.717) is 41.1 Å². The molecule has 5 rings (SSSR count). The number of rotatable bonds is 4. The smallest absolute Gasteiger partial charge is 0.259 e. The number of piperazine rings is 1. The van der Waals surface area contributed by atoms with Crippen LogP contribution in [0.25, 0.3) is 22.4 Å². The Balaban J connectivity index is 1.39. The van der Waals surface area contributed by atoms with Gasteiger partial charge < -0.3 is 9.42 Å². The summed E-state index contributed by atoms with van der Waals surface area (Å²) in [5.41, 5.74) is 5.76. The van der Waals surface area contributed by atoms with Gasteiger partial charge in [0.1, 0.15) is 0 Å². The minimum Gasteiger partial charge on any atom is -0.336 e. The molecule has 7 heteroatoms. The second-order valence-electron chi connectivity index (χ2n) is 8.29. The van der Waals surface area contributed by atoms with Gasteiger partial charge in [-0.05, 0) is 37.6 Å². The Morgan fingerprint density at radius 3 is 2.44 bits per heavy atom. The Morgan fingerprint density at radius 1 is 1.00 bits per heavy atom. The van der Waals surface area contributed by atoms with Crippen molar-refractivity contribution in [3.8, 4) is 11.3 Å². The molecule has 4 heterocycles. The van der Waals surface area contributed by atoms with E-state index in [1.807, 2.05) is 73.6 Å². The molecule has 1 saturated heterocycles. The van der Waals surface area contributed by atoms with Crippen LogP contribution in [0, 0.1) is 13.8 Å². The minimum absolute atomic E-state index is 0.000577. The van der Waals surface area contributed by atoms with Gasteiger partial charge in [0.15, 0.2) is 0 Å². The summed E-state index contributed by atoms with van der Waals surface area (Å²) in [7, 11) is 0. The van der Waals surface area contributed by atoms with Crippen molar-refractivity contribution < 1.29 is 9.32 Å². The van der Waals surface area contributed by atoms with Gasteiger partial charge in [-0.15, -0.1) is 0 Å². The fourth-order valence-corrected chi connectivity index (χ4v) is 4.16. The van der Waals surface area contributed by atoms with Gasteiger partial charge in [-0.25, -0.2) is 4.98 Å². The monoisotopic (exact) mass is 427 g/mol. The van der Waals surface area contributed by atoms with Crippen molar-refractivity contribution in [2.45, 2.75) is 20.4 Å². The fourth-order valence-electron chi connectivity index (χ4n) is 4.16. The first-order chi connectivity index (χ1) is 15.6. The van der Waals surface area contributed by atoms with Crippen LogP contribution in [0.5, 0.6) is 0 Å². The average molecular weight is 428 g/mol. The van der Waals surface area contributed by atoms with Crippen molar-refractivity contribution in [1.29, 1.82) is 0 Å². The zero-order valence-electron chi connectivity index (χ0n) is 18.3. The van der Waals surface area contributed by atoms with E-state index in [1.54, 1.807) is 0 Å². The van der Waals surface area contributed by atoms with Gasteiger partial charge in [0, 0.05) is 50.7 Å². The maximum Gasteiger partial charge on any atom is 0.259 e. The molecule has 162 valence electrons. The minimum atomic E-state index is 0.000577. The van der Waals surface area contributed by atoms with Gasteiger partial charge in [0.05, 0.1) is 22.3 Å². The lowest BCUT2D eigenvalue weighted by molar-refractivity contribution is 0.0630. The molecular formula is C25H25N5O2. The summed E-state index contributed by atoms with van der Waals surface area (Å²) in [6.45, 7) is 7.78. The predicted octanol–water partition coefficient (Wildman–Crippen LogP) is 3.86. The van der Waals surface area contributed by atoms with E-state index in [4.69, 9.17) is 4.52 Å². The number of hydrogen-bond acceptors (Lipinski definition) is 6. The second kappa shape index (κ2) is 8.51. The quantitative estimate of drug-likeness (QED) is 0.492. The number of pyridine rings is 2. The van der Waals surface area contributed by atoms with Crippen molar-refractivity contribution in [2.75, 3.05) is 26.2 Å². The highest BCUT2D eigenvalue weighted by molar-refractivity contribution is 6.07. The van der Waals surface area contributed by atoms with E-state index in [9.17, 15) is 4.79 Å². The van der Waals surface area contributed by atoms with Crippen LogP contribution < -0.4 is 0 Å².